The summed E-state index contributed by atoms with van der Waals surface area (Å²) in [4.78, 5) is 21.3. The summed E-state index contributed by atoms with van der Waals surface area (Å²) in [5.41, 5.74) is 1.93. The molecule has 0 heterocycles. The van der Waals surface area contributed by atoms with E-state index in [1.807, 2.05) is 5.73 Å². The first-order valence-corrected chi connectivity index (χ1v) is 4.19. The van der Waals surface area contributed by atoms with E-state index < -0.39 is 30.2 Å². The molecule has 6 heteroatoms. The number of aldehydes is 1. The monoisotopic (exact) mass is 205 g/mol. The van der Waals surface area contributed by atoms with Crippen LogP contribution in [0.5, 0.6) is 0 Å². The maximum Gasteiger partial charge on any atom is 0.217 e. The number of carbonyl (C=O) groups excluding carboxylic acids is 2. The van der Waals surface area contributed by atoms with Gasteiger partial charge in [-0.15, -0.1) is 0 Å². The molecule has 1 amide bonds. The van der Waals surface area contributed by atoms with Gasteiger partial charge in [0.25, 0.3) is 0 Å². The maximum atomic E-state index is 10.7. The summed E-state index contributed by atoms with van der Waals surface area (Å²) in [5.74, 6) is -0.472. The molecule has 0 aliphatic heterocycles. The second-order valence-electron chi connectivity index (χ2n) is 3.12. The Hall–Kier alpha value is -0.980. The zero-order valence-corrected chi connectivity index (χ0v) is 8.10. The molecule has 0 saturated heterocycles. The van der Waals surface area contributed by atoms with Gasteiger partial charge in [0.2, 0.25) is 5.91 Å². The molecule has 0 rings (SSSR count). The fourth-order valence-electron chi connectivity index (χ4n) is 0.943. The van der Waals surface area contributed by atoms with E-state index >= 15 is 0 Å². The largest absolute Gasteiger partial charge is 0.392 e. The normalized spacial score (nSPS) is 20.1. The van der Waals surface area contributed by atoms with E-state index in [0.29, 0.717) is 6.29 Å². The number of nitrogens with one attached hydrogen (secondary N) is 1. The van der Waals surface area contributed by atoms with E-state index in [1.54, 1.807) is 0 Å². The topological polar surface area (TPSA) is 113 Å². The Labute approximate surface area is 83.6 Å². The number of hydrogen-bond acceptors (Lipinski definition) is 5. The quantitative estimate of drug-likeness (QED) is 0.366. The van der Waals surface area contributed by atoms with Crippen molar-refractivity contribution in [1.82, 2.24) is 5.32 Å². The standard InChI is InChI=1S/C8H16N2O4/c1-4(12)7(9)8(14)6(3-11)10-5(2)13/h3-4,6-8,12,14H,9H2,1-2H3,(H,10,13)/t4-,6+,7+,8-/m1/s1/i/hD. The van der Waals surface area contributed by atoms with Crippen LogP contribution in [0.4, 0.5) is 0 Å². The Morgan fingerprint density at radius 2 is 2.21 bits per heavy atom. The van der Waals surface area contributed by atoms with Gasteiger partial charge >= 0.3 is 0 Å². The third-order valence-corrected chi connectivity index (χ3v) is 1.77. The van der Waals surface area contributed by atoms with Crippen molar-refractivity contribution in [2.24, 2.45) is 5.73 Å². The molecule has 5 N–H and O–H groups in total. The van der Waals surface area contributed by atoms with Crippen LogP contribution in [0, 0.1) is 0 Å². The second-order valence-corrected chi connectivity index (χ2v) is 3.12. The van der Waals surface area contributed by atoms with E-state index in [2.05, 4.69) is 5.32 Å². The Bertz CT molecular complexity index is 225. The van der Waals surface area contributed by atoms with Gasteiger partial charge in [-0.3, -0.25) is 4.79 Å². The molecule has 0 fully saturated rings. The third kappa shape index (κ3) is 3.82. The zero-order valence-electron chi connectivity index (χ0n) is 9.10. The number of hydrogen-bond donors (Lipinski definition) is 4. The van der Waals surface area contributed by atoms with Crippen molar-refractivity contribution in [3.8, 4) is 0 Å². The molecule has 0 aromatic heterocycles. The lowest BCUT2D eigenvalue weighted by atomic mass is 10.0. The molecular weight excluding hydrogens is 188 g/mol. The molecule has 0 aromatic carbocycles. The number of nitrogens with two attached hydrogens (primary N) is 1. The predicted octanol–water partition coefficient (Wildman–Crippen LogP) is -2.24. The molecule has 14 heavy (non-hydrogen) atoms. The van der Waals surface area contributed by atoms with Crippen molar-refractivity contribution in [2.75, 3.05) is 0 Å². The maximum absolute atomic E-state index is 10.7. The highest BCUT2D eigenvalue weighted by atomic mass is 16.3. The minimum atomic E-state index is -1.36. The highest BCUT2D eigenvalue weighted by Gasteiger charge is 2.28. The summed E-state index contributed by atoms with van der Waals surface area (Å²) in [6.45, 7) is 2.57. The molecule has 0 spiro atoms. The van der Waals surface area contributed by atoms with Crippen LogP contribution in [0.3, 0.4) is 0 Å². The number of carbonyl (C=O) groups is 2. The van der Waals surface area contributed by atoms with E-state index in [9.17, 15) is 19.8 Å². The van der Waals surface area contributed by atoms with Gasteiger partial charge in [-0.25, -0.2) is 0 Å². The summed E-state index contributed by atoms with van der Waals surface area (Å²) in [5, 5.41) is 21.0. The minimum absolute atomic E-state index is 0.360. The van der Waals surface area contributed by atoms with Crippen molar-refractivity contribution in [1.29, 1.82) is 0 Å². The molecule has 0 radical (unpaired) electrons. The van der Waals surface area contributed by atoms with Gasteiger partial charge < -0.3 is 26.1 Å². The minimum Gasteiger partial charge on any atom is -0.392 e. The van der Waals surface area contributed by atoms with Crippen LogP contribution in [0.15, 0.2) is 0 Å². The van der Waals surface area contributed by atoms with Crippen molar-refractivity contribution >= 4 is 12.2 Å². The molecular formula is C8H16N2O4. The highest BCUT2D eigenvalue weighted by molar-refractivity contribution is 5.77. The number of aliphatic hydroxyl groups excluding tert-OH is 2. The van der Waals surface area contributed by atoms with Gasteiger partial charge in [0, 0.05) is 6.92 Å². The van der Waals surface area contributed by atoms with Crippen molar-refractivity contribution in [2.45, 2.75) is 38.1 Å². The van der Waals surface area contributed by atoms with Crippen LogP contribution in [0.2, 0.25) is 1.41 Å². The third-order valence-electron chi connectivity index (χ3n) is 1.77. The van der Waals surface area contributed by atoms with Gasteiger partial charge in [0.05, 0.1) is 18.2 Å². The molecule has 0 aliphatic carbocycles. The molecule has 0 aliphatic rings. The molecule has 0 saturated carbocycles. The predicted molar refractivity (Wildman–Crippen MR) is 49.3 cm³/mol. The van der Waals surface area contributed by atoms with Gasteiger partial charge in [-0.2, -0.15) is 0 Å². The van der Waals surface area contributed by atoms with Crippen LogP contribution >= 0.6 is 0 Å². The first kappa shape index (κ1) is 11.1. The Morgan fingerprint density at radius 3 is 2.50 bits per heavy atom. The summed E-state index contributed by atoms with van der Waals surface area (Å²) in [7, 11) is 0. The molecule has 0 unspecified atom stereocenters. The molecule has 6 nitrogen and oxygen atoms in total. The van der Waals surface area contributed by atoms with Gasteiger partial charge in [0.1, 0.15) is 13.7 Å². The van der Waals surface area contributed by atoms with Crippen molar-refractivity contribution in [3.05, 3.63) is 0 Å². The van der Waals surface area contributed by atoms with Crippen LogP contribution in [0.25, 0.3) is 0 Å². The Morgan fingerprint density at radius 1 is 1.64 bits per heavy atom. The second kappa shape index (κ2) is 5.69. The van der Waals surface area contributed by atoms with E-state index in [-0.39, 0.29) is 0 Å². The zero-order chi connectivity index (χ0) is 12.0. The van der Waals surface area contributed by atoms with E-state index in [0.717, 1.165) is 0 Å². The van der Waals surface area contributed by atoms with Crippen molar-refractivity contribution < 1.29 is 21.2 Å². The van der Waals surface area contributed by atoms with Crippen LogP contribution in [-0.4, -0.2) is 46.7 Å². The van der Waals surface area contributed by atoms with Gasteiger partial charge in [0.15, 0.2) is 0 Å². The SMILES string of the molecule is [2H]N[C@H]([C@H](O)[C@H](C=O)NC(C)=O)[C@@H](C)O. The van der Waals surface area contributed by atoms with Crippen LogP contribution < -0.4 is 11.0 Å². The fraction of sp³-hybridized carbons (Fsp3) is 0.750. The lowest BCUT2D eigenvalue weighted by Gasteiger charge is -2.25. The molecule has 82 valence electrons. The summed E-state index contributed by atoms with van der Waals surface area (Å²) in [6.07, 6.45) is -2.02. The van der Waals surface area contributed by atoms with Crippen LogP contribution in [-0.2, 0) is 9.59 Å². The average Bonchev–Trinajstić information content (AvgIpc) is 2.14. The average molecular weight is 205 g/mol. The molecule has 4 atom stereocenters. The molecule has 0 aromatic rings. The smallest absolute Gasteiger partial charge is 0.217 e. The highest BCUT2D eigenvalue weighted by Crippen LogP contribution is 2.00. The first-order chi connectivity index (χ1) is 6.93. The summed E-state index contributed by atoms with van der Waals surface area (Å²) < 4.78 is 6.87. The lowest BCUT2D eigenvalue weighted by Crippen LogP contribution is -2.55. The number of aliphatic hydroxyl groups is 2. The summed E-state index contributed by atoms with van der Waals surface area (Å²) >= 11 is 0. The van der Waals surface area contributed by atoms with E-state index in [4.69, 9.17) is 1.41 Å². The number of rotatable bonds is 6. The van der Waals surface area contributed by atoms with Gasteiger partial charge in [-0.1, -0.05) is 0 Å². The Kier molecular flexibility index (Phi) is 4.51. The van der Waals surface area contributed by atoms with Crippen LogP contribution in [0.1, 0.15) is 13.8 Å². The van der Waals surface area contributed by atoms with Crippen molar-refractivity contribution in [3.63, 3.8) is 0 Å². The number of amides is 1. The van der Waals surface area contributed by atoms with Gasteiger partial charge in [-0.05, 0) is 6.92 Å². The summed E-state index contributed by atoms with van der Waals surface area (Å²) in [6, 6.07) is -2.15. The first-order valence-electron chi connectivity index (χ1n) is 4.69. The van der Waals surface area contributed by atoms with E-state index in [1.165, 1.54) is 13.8 Å². The Balaban J connectivity index is 4.53. The fourth-order valence-corrected chi connectivity index (χ4v) is 0.943. The molecule has 0 bridgehead atoms. The lowest BCUT2D eigenvalue weighted by molar-refractivity contribution is -0.124.